The maximum Gasteiger partial charge on any atom is 0.322 e. The molecule has 0 saturated heterocycles. The van der Waals surface area contributed by atoms with Gasteiger partial charge in [-0.3, -0.25) is 25.7 Å². The zero-order valence-corrected chi connectivity index (χ0v) is 18.5. The highest BCUT2D eigenvalue weighted by molar-refractivity contribution is 6.05. The van der Waals surface area contributed by atoms with Gasteiger partial charge in [-0.15, -0.1) is 0 Å². The van der Waals surface area contributed by atoms with E-state index in [2.05, 4.69) is 15.8 Å². The van der Waals surface area contributed by atoms with E-state index in [0.717, 1.165) is 11.1 Å². The van der Waals surface area contributed by atoms with Gasteiger partial charge in [-0.05, 0) is 37.1 Å². The highest BCUT2D eigenvalue weighted by Crippen LogP contribution is 2.22. The molecule has 0 saturated carbocycles. The van der Waals surface area contributed by atoms with Gasteiger partial charge in [0, 0.05) is 12.1 Å². The molecule has 3 aromatic rings. The average Bonchev–Trinajstić information content (AvgIpc) is 2.85. The summed E-state index contributed by atoms with van der Waals surface area (Å²) in [5.41, 5.74) is 6.01. The predicted octanol–water partition coefficient (Wildman–Crippen LogP) is 4.69. The summed E-state index contributed by atoms with van der Waals surface area (Å²) in [5.74, 6) is -0.353. The Balaban J connectivity index is 1.99. The average molecular weight is 447 g/mol. The van der Waals surface area contributed by atoms with Gasteiger partial charge in [0.25, 0.3) is 5.69 Å². The second kappa shape index (κ2) is 11.5. The quantitative estimate of drug-likeness (QED) is 0.202. The van der Waals surface area contributed by atoms with E-state index in [0.29, 0.717) is 18.0 Å². The minimum Gasteiger partial charge on any atom is -0.465 e. The Hall–Kier alpha value is -4.04. The van der Waals surface area contributed by atoms with Gasteiger partial charge >= 0.3 is 5.97 Å². The van der Waals surface area contributed by atoms with Crippen LogP contribution in [0.15, 0.2) is 90.0 Å². The Kier molecular flexibility index (Phi) is 8.26. The highest BCUT2D eigenvalue weighted by atomic mass is 16.6. The predicted molar refractivity (Wildman–Crippen MR) is 128 cm³/mol. The number of nitrogens with zero attached hydrogens (tertiary/aromatic N) is 2. The number of nitro groups is 1. The number of carbonyl (C=O) groups excluding carboxylic acids is 1. The van der Waals surface area contributed by atoms with Crippen LogP contribution < -0.4 is 10.7 Å². The van der Waals surface area contributed by atoms with Crippen LogP contribution in [0.4, 0.5) is 11.4 Å². The van der Waals surface area contributed by atoms with Crippen LogP contribution >= 0.6 is 0 Å². The van der Waals surface area contributed by atoms with Crippen LogP contribution in [-0.2, 0) is 9.53 Å². The maximum atomic E-state index is 12.3. The second-order valence-electron chi connectivity index (χ2n) is 7.26. The van der Waals surface area contributed by atoms with E-state index >= 15 is 0 Å². The lowest BCUT2D eigenvalue weighted by molar-refractivity contribution is -0.384. The molecule has 0 unspecified atom stereocenters. The number of anilines is 1. The van der Waals surface area contributed by atoms with Crippen molar-refractivity contribution in [3.63, 3.8) is 0 Å². The standard InChI is InChI=1S/C25H26N4O4/c1-3-33-25(30)18(2)26-23(19-10-6-4-7-11-19)24(20-12-8-5-9-13-20)28-27-21-14-16-22(17-15-21)29(31)32/h4-18,23,26-27H,3H2,1-2H3/b28-24-/t18-,23-/m0/s1. The first-order valence-corrected chi connectivity index (χ1v) is 10.6. The molecular weight excluding hydrogens is 420 g/mol. The number of nitro benzene ring substituents is 1. The lowest BCUT2D eigenvalue weighted by atomic mass is 9.96. The number of carbonyl (C=O) groups is 1. The van der Waals surface area contributed by atoms with E-state index in [4.69, 9.17) is 4.74 Å². The molecule has 0 aromatic heterocycles. The van der Waals surface area contributed by atoms with Crippen molar-refractivity contribution in [3.8, 4) is 0 Å². The van der Waals surface area contributed by atoms with Gasteiger partial charge in [0.2, 0.25) is 0 Å². The molecule has 33 heavy (non-hydrogen) atoms. The molecule has 0 amide bonds. The summed E-state index contributed by atoms with van der Waals surface area (Å²) in [6, 6.07) is 24.3. The molecule has 0 aliphatic carbocycles. The summed E-state index contributed by atoms with van der Waals surface area (Å²) in [7, 11) is 0. The SMILES string of the molecule is CCOC(=O)[C@H](C)N[C@H](/C(=N\Nc1ccc([N+](=O)[O-])cc1)c1ccccc1)c1ccccc1. The molecule has 8 nitrogen and oxygen atoms in total. The summed E-state index contributed by atoms with van der Waals surface area (Å²) < 4.78 is 5.17. The molecule has 0 spiro atoms. The first-order chi connectivity index (χ1) is 16.0. The fraction of sp³-hybridized carbons (Fsp3) is 0.200. The van der Waals surface area contributed by atoms with Crippen molar-refractivity contribution in [1.29, 1.82) is 0 Å². The van der Waals surface area contributed by atoms with E-state index in [1.54, 1.807) is 26.0 Å². The highest BCUT2D eigenvalue weighted by Gasteiger charge is 2.25. The Morgan fingerprint density at radius 2 is 1.61 bits per heavy atom. The van der Waals surface area contributed by atoms with Crippen LogP contribution in [0.5, 0.6) is 0 Å². The number of non-ortho nitro benzene ring substituents is 1. The molecule has 0 aliphatic rings. The minimum atomic E-state index is -0.580. The third-order valence-corrected chi connectivity index (χ3v) is 4.92. The van der Waals surface area contributed by atoms with Gasteiger partial charge in [-0.2, -0.15) is 5.10 Å². The summed E-state index contributed by atoms with van der Waals surface area (Å²) in [6.45, 7) is 3.81. The Morgan fingerprint density at radius 3 is 2.18 bits per heavy atom. The summed E-state index contributed by atoms with van der Waals surface area (Å²) in [5, 5.41) is 18.9. The van der Waals surface area contributed by atoms with Crippen LogP contribution in [0.1, 0.15) is 31.0 Å². The lowest BCUT2D eigenvalue weighted by Gasteiger charge is -2.25. The van der Waals surface area contributed by atoms with Gasteiger partial charge in [0.1, 0.15) is 6.04 Å². The van der Waals surface area contributed by atoms with E-state index < -0.39 is 17.0 Å². The van der Waals surface area contributed by atoms with Crippen LogP contribution in [0, 0.1) is 10.1 Å². The first-order valence-electron chi connectivity index (χ1n) is 10.6. The summed E-state index contributed by atoms with van der Waals surface area (Å²) >= 11 is 0. The van der Waals surface area contributed by atoms with Crippen LogP contribution in [0.2, 0.25) is 0 Å². The molecule has 0 heterocycles. The minimum absolute atomic E-state index is 0.0000903. The lowest BCUT2D eigenvalue weighted by Crippen LogP contribution is -2.41. The van der Waals surface area contributed by atoms with Crippen molar-refractivity contribution in [2.45, 2.75) is 25.9 Å². The topological polar surface area (TPSA) is 106 Å². The number of hydrogen-bond acceptors (Lipinski definition) is 7. The molecule has 3 aromatic carbocycles. The van der Waals surface area contributed by atoms with Gasteiger partial charge < -0.3 is 4.74 Å². The molecule has 3 rings (SSSR count). The van der Waals surface area contributed by atoms with Crippen molar-refractivity contribution in [2.75, 3.05) is 12.0 Å². The fourth-order valence-corrected chi connectivity index (χ4v) is 3.25. The Labute approximate surface area is 192 Å². The third-order valence-electron chi connectivity index (χ3n) is 4.92. The summed E-state index contributed by atoms with van der Waals surface area (Å²) in [4.78, 5) is 22.8. The number of rotatable bonds is 10. The van der Waals surface area contributed by atoms with Crippen molar-refractivity contribution < 1.29 is 14.5 Å². The van der Waals surface area contributed by atoms with Gasteiger partial charge in [0.15, 0.2) is 0 Å². The largest absolute Gasteiger partial charge is 0.465 e. The number of ether oxygens (including phenoxy) is 1. The van der Waals surface area contributed by atoms with E-state index in [1.165, 1.54) is 12.1 Å². The molecule has 170 valence electrons. The zero-order valence-electron chi connectivity index (χ0n) is 18.5. The number of esters is 1. The molecule has 0 fully saturated rings. The molecule has 0 bridgehead atoms. The molecular formula is C25H26N4O4. The zero-order chi connectivity index (χ0) is 23.6. The number of hydrazone groups is 1. The fourth-order valence-electron chi connectivity index (χ4n) is 3.25. The van der Waals surface area contributed by atoms with Crippen molar-refractivity contribution in [1.82, 2.24) is 5.32 Å². The van der Waals surface area contributed by atoms with Crippen molar-refractivity contribution in [2.24, 2.45) is 5.10 Å². The molecule has 0 radical (unpaired) electrons. The van der Waals surface area contributed by atoms with Crippen molar-refractivity contribution in [3.05, 3.63) is 106 Å². The molecule has 8 heteroatoms. The van der Waals surface area contributed by atoms with E-state index in [9.17, 15) is 14.9 Å². The van der Waals surface area contributed by atoms with Gasteiger partial charge in [-0.25, -0.2) is 0 Å². The Morgan fingerprint density at radius 1 is 1.00 bits per heavy atom. The normalized spacial score (nSPS) is 13.1. The first kappa shape index (κ1) is 23.6. The van der Waals surface area contributed by atoms with Crippen LogP contribution in [0.3, 0.4) is 0 Å². The molecule has 2 atom stereocenters. The van der Waals surface area contributed by atoms with Crippen LogP contribution in [0.25, 0.3) is 0 Å². The van der Waals surface area contributed by atoms with E-state index in [-0.39, 0.29) is 11.7 Å². The second-order valence-corrected chi connectivity index (χ2v) is 7.26. The third kappa shape index (κ3) is 6.47. The Bertz CT molecular complexity index is 1090. The number of nitrogens with one attached hydrogen (secondary N) is 2. The van der Waals surface area contributed by atoms with Crippen LogP contribution in [-0.4, -0.2) is 29.3 Å². The monoisotopic (exact) mass is 446 g/mol. The van der Waals surface area contributed by atoms with E-state index in [1.807, 2.05) is 60.7 Å². The van der Waals surface area contributed by atoms with Gasteiger partial charge in [-0.1, -0.05) is 60.7 Å². The molecule has 2 N–H and O–H groups in total. The maximum absolute atomic E-state index is 12.3. The molecule has 0 aliphatic heterocycles. The summed E-state index contributed by atoms with van der Waals surface area (Å²) in [6.07, 6.45) is 0. The number of benzene rings is 3. The van der Waals surface area contributed by atoms with Crippen molar-refractivity contribution >= 4 is 23.1 Å². The van der Waals surface area contributed by atoms with Gasteiger partial charge in [0.05, 0.1) is 29.0 Å². The smallest absolute Gasteiger partial charge is 0.322 e. The number of hydrogen-bond donors (Lipinski definition) is 2.